The van der Waals surface area contributed by atoms with E-state index in [0.717, 1.165) is 30.1 Å². The van der Waals surface area contributed by atoms with E-state index in [1.165, 1.54) is 57.8 Å². The number of carbonyl (C=O) groups is 2. The van der Waals surface area contributed by atoms with Crippen molar-refractivity contribution >= 4 is 12.2 Å². The summed E-state index contributed by atoms with van der Waals surface area (Å²) in [5, 5.41) is 5.10. The highest BCUT2D eigenvalue weighted by atomic mass is 16.6. The zero-order chi connectivity index (χ0) is 22.9. The molecule has 8 unspecified atom stereocenters. The van der Waals surface area contributed by atoms with Gasteiger partial charge in [-0.3, -0.25) is 0 Å². The lowest BCUT2D eigenvalue weighted by molar-refractivity contribution is -0.120. The largest absolute Gasteiger partial charge is 0.449 e. The van der Waals surface area contributed by atoms with Crippen LogP contribution in [-0.4, -0.2) is 39.0 Å². The number of rotatable bonds is 5. The molecule has 182 valence electrons. The summed E-state index contributed by atoms with van der Waals surface area (Å²) in [4.78, 5) is 23.7. The average Bonchev–Trinajstić information content (AvgIpc) is 3.14. The van der Waals surface area contributed by atoms with Crippen LogP contribution in [-0.2, 0) is 9.47 Å². The summed E-state index contributed by atoms with van der Waals surface area (Å²) in [6, 6.07) is 0. The van der Waals surface area contributed by atoms with Crippen LogP contribution in [0.15, 0.2) is 0 Å². The van der Waals surface area contributed by atoms with Gasteiger partial charge in [-0.2, -0.15) is 0 Å². The van der Waals surface area contributed by atoms with Crippen molar-refractivity contribution in [3.63, 3.8) is 0 Å². The van der Waals surface area contributed by atoms with E-state index in [-0.39, 0.29) is 24.2 Å². The molecule has 0 saturated heterocycles. The molecule has 6 nitrogen and oxygen atoms in total. The minimum Gasteiger partial charge on any atom is -0.449 e. The number of hydrogen-bond acceptors (Lipinski definition) is 4. The maximum absolute atomic E-state index is 12.2. The zero-order valence-corrected chi connectivity index (χ0v) is 20.6. The van der Waals surface area contributed by atoms with E-state index in [1.54, 1.807) is 14.1 Å². The molecule has 0 aromatic rings. The van der Waals surface area contributed by atoms with Crippen molar-refractivity contribution in [1.29, 1.82) is 0 Å². The Labute approximate surface area is 193 Å². The van der Waals surface area contributed by atoms with Gasteiger partial charge in [0.2, 0.25) is 0 Å². The molecule has 0 aromatic heterocycles. The maximum atomic E-state index is 12.2. The molecule has 6 heteroatoms. The number of ether oxygens (including phenoxy) is 2. The molecular weight excluding hydrogens is 404 g/mol. The van der Waals surface area contributed by atoms with E-state index < -0.39 is 6.09 Å². The van der Waals surface area contributed by atoms with E-state index in [1.807, 2.05) is 0 Å². The van der Waals surface area contributed by atoms with Crippen molar-refractivity contribution in [3.8, 4) is 0 Å². The van der Waals surface area contributed by atoms with Crippen molar-refractivity contribution in [2.75, 3.05) is 20.7 Å². The Kier molecular flexibility index (Phi) is 6.97. The van der Waals surface area contributed by atoms with E-state index in [4.69, 9.17) is 9.47 Å². The van der Waals surface area contributed by atoms with Gasteiger partial charge in [0.05, 0.1) is 6.61 Å². The van der Waals surface area contributed by atoms with Gasteiger partial charge in [0.1, 0.15) is 6.10 Å². The van der Waals surface area contributed by atoms with Crippen LogP contribution in [0, 0.1) is 40.4 Å². The summed E-state index contributed by atoms with van der Waals surface area (Å²) in [6.07, 6.45) is 12.9. The van der Waals surface area contributed by atoms with E-state index in [2.05, 4.69) is 24.5 Å². The van der Waals surface area contributed by atoms with Gasteiger partial charge < -0.3 is 20.1 Å². The Bertz CT molecular complexity index is 699. The van der Waals surface area contributed by atoms with E-state index in [9.17, 15) is 9.59 Å². The van der Waals surface area contributed by atoms with Crippen LogP contribution in [0.2, 0.25) is 0 Å². The Hall–Kier alpha value is -1.46. The fourth-order valence-electron chi connectivity index (χ4n) is 8.83. The third-order valence-electron chi connectivity index (χ3n) is 10.4. The summed E-state index contributed by atoms with van der Waals surface area (Å²) in [5.74, 6) is 3.68. The van der Waals surface area contributed by atoms with Crippen molar-refractivity contribution in [1.82, 2.24) is 10.6 Å². The standard InChI is InChI=1S/C26H44N2O4/c1-25-14-6-5-7-17(25)8-9-18-19-10-11-21(26(19,2)15-12-20(18)25)22(32-24(30)28-4)13-16-31-23(29)27-3/h17-22H,5-16H2,1-4H3,(H,27,29)(H,28,30). The first-order valence-corrected chi connectivity index (χ1v) is 13.1. The van der Waals surface area contributed by atoms with Crippen LogP contribution >= 0.6 is 0 Å². The third-order valence-corrected chi connectivity index (χ3v) is 10.4. The molecule has 4 saturated carbocycles. The van der Waals surface area contributed by atoms with E-state index >= 15 is 0 Å². The minimum absolute atomic E-state index is 0.199. The molecule has 0 aliphatic heterocycles. The predicted octanol–water partition coefficient (Wildman–Crippen LogP) is 5.51. The Morgan fingerprint density at radius 2 is 1.62 bits per heavy atom. The molecule has 0 radical (unpaired) electrons. The Balaban J connectivity index is 1.50. The molecule has 0 bridgehead atoms. The molecule has 4 rings (SSSR count). The summed E-state index contributed by atoms with van der Waals surface area (Å²) in [7, 11) is 3.16. The van der Waals surface area contributed by atoms with Crippen LogP contribution < -0.4 is 10.6 Å². The molecule has 0 aromatic carbocycles. The molecule has 4 aliphatic rings. The highest BCUT2D eigenvalue weighted by molar-refractivity contribution is 5.67. The first kappa shape index (κ1) is 23.7. The first-order valence-electron chi connectivity index (χ1n) is 13.1. The van der Waals surface area contributed by atoms with E-state index in [0.29, 0.717) is 17.8 Å². The molecular formula is C26H44N2O4. The molecule has 0 heterocycles. The topological polar surface area (TPSA) is 76.7 Å². The van der Waals surface area contributed by atoms with Crippen LogP contribution in [0.25, 0.3) is 0 Å². The number of carbonyl (C=O) groups excluding carboxylic acids is 2. The van der Waals surface area contributed by atoms with Gasteiger partial charge in [0.15, 0.2) is 0 Å². The van der Waals surface area contributed by atoms with Crippen molar-refractivity contribution in [2.24, 2.45) is 40.4 Å². The van der Waals surface area contributed by atoms with Gasteiger partial charge in [0, 0.05) is 26.4 Å². The summed E-state index contributed by atoms with van der Waals surface area (Å²) < 4.78 is 11.2. The minimum atomic E-state index is -0.433. The third kappa shape index (κ3) is 4.11. The number of hydrogen-bond donors (Lipinski definition) is 2. The summed E-state index contributed by atoms with van der Waals surface area (Å²) in [5.41, 5.74) is 0.741. The summed E-state index contributed by atoms with van der Waals surface area (Å²) in [6.45, 7) is 5.36. The number of nitrogens with one attached hydrogen (secondary N) is 2. The Morgan fingerprint density at radius 3 is 2.38 bits per heavy atom. The second-order valence-corrected chi connectivity index (χ2v) is 11.5. The second-order valence-electron chi connectivity index (χ2n) is 11.5. The average molecular weight is 449 g/mol. The van der Waals surface area contributed by atoms with Gasteiger partial charge in [-0.15, -0.1) is 0 Å². The second kappa shape index (κ2) is 9.42. The highest BCUT2D eigenvalue weighted by Crippen LogP contribution is 2.68. The lowest BCUT2D eigenvalue weighted by Crippen LogP contribution is -2.53. The quantitative estimate of drug-likeness (QED) is 0.582. The Morgan fingerprint density at radius 1 is 0.875 bits per heavy atom. The van der Waals surface area contributed by atoms with Gasteiger partial charge >= 0.3 is 12.2 Å². The van der Waals surface area contributed by atoms with Crippen molar-refractivity contribution in [2.45, 2.75) is 90.6 Å². The maximum Gasteiger partial charge on any atom is 0.407 e. The number of amides is 2. The van der Waals surface area contributed by atoms with Gasteiger partial charge in [-0.25, -0.2) is 9.59 Å². The van der Waals surface area contributed by atoms with Gasteiger partial charge in [-0.05, 0) is 85.9 Å². The predicted molar refractivity (Wildman–Crippen MR) is 124 cm³/mol. The van der Waals surface area contributed by atoms with Crippen LogP contribution in [0.3, 0.4) is 0 Å². The molecule has 0 spiro atoms. The fourth-order valence-corrected chi connectivity index (χ4v) is 8.83. The number of alkyl carbamates (subject to hydrolysis) is 2. The molecule has 32 heavy (non-hydrogen) atoms. The molecule has 4 fully saturated rings. The lowest BCUT2D eigenvalue weighted by atomic mass is 9.44. The van der Waals surface area contributed by atoms with Gasteiger partial charge in [-0.1, -0.05) is 26.7 Å². The van der Waals surface area contributed by atoms with Crippen molar-refractivity contribution < 1.29 is 19.1 Å². The first-order chi connectivity index (χ1) is 15.3. The molecule has 2 amide bonds. The van der Waals surface area contributed by atoms with Crippen LogP contribution in [0.4, 0.5) is 9.59 Å². The fraction of sp³-hybridized carbons (Fsp3) is 0.923. The van der Waals surface area contributed by atoms with Crippen LogP contribution in [0.1, 0.15) is 84.5 Å². The zero-order valence-electron chi connectivity index (χ0n) is 20.6. The monoisotopic (exact) mass is 448 g/mol. The SMILES string of the molecule is CNC(=O)OCCC(OC(=O)NC)C1CCC2C3CCC4CCCCC4(C)C3CCC12C. The molecule has 2 N–H and O–H groups in total. The van der Waals surface area contributed by atoms with Crippen LogP contribution in [0.5, 0.6) is 0 Å². The number of fused-ring (bicyclic) bond motifs is 5. The van der Waals surface area contributed by atoms with Gasteiger partial charge in [0.25, 0.3) is 0 Å². The van der Waals surface area contributed by atoms with Crippen molar-refractivity contribution in [3.05, 3.63) is 0 Å². The lowest BCUT2D eigenvalue weighted by Gasteiger charge is -2.60. The molecule has 8 atom stereocenters. The summed E-state index contributed by atoms with van der Waals surface area (Å²) >= 11 is 0. The normalized spacial score (nSPS) is 41.4. The molecule has 4 aliphatic carbocycles. The highest BCUT2D eigenvalue weighted by Gasteiger charge is 2.60. The smallest absolute Gasteiger partial charge is 0.407 e.